The zero-order valence-corrected chi connectivity index (χ0v) is 26.5. The molecule has 43 heavy (non-hydrogen) atoms. The van der Waals surface area contributed by atoms with Crippen LogP contribution in [0.4, 0.5) is 5.13 Å². The Hall–Kier alpha value is -3.25. The molecule has 1 aliphatic carbocycles. The molecule has 1 saturated carbocycles. The summed E-state index contributed by atoms with van der Waals surface area (Å²) in [6, 6.07) is 14.6. The normalized spacial score (nSPS) is 19.0. The summed E-state index contributed by atoms with van der Waals surface area (Å²) in [5.41, 5.74) is 3.10. The first-order valence-electron chi connectivity index (χ1n) is 14.9. The van der Waals surface area contributed by atoms with Crippen LogP contribution in [-0.2, 0) is 14.8 Å². The lowest BCUT2D eigenvalue weighted by molar-refractivity contribution is -0.118. The van der Waals surface area contributed by atoms with Gasteiger partial charge < -0.3 is 5.32 Å². The van der Waals surface area contributed by atoms with Crippen LogP contribution in [0, 0.1) is 5.92 Å². The van der Waals surface area contributed by atoms with E-state index in [0.29, 0.717) is 30.7 Å². The maximum Gasteiger partial charge on any atom is 0.243 e. The Balaban J connectivity index is 1.22. The molecule has 0 bridgehead atoms. The fourth-order valence-electron chi connectivity index (χ4n) is 6.14. The molecule has 0 spiro atoms. The zero-order chi connectivity index (χ0) is 30.2. The van der Waals surface area contributed by atoms with Crippen LogP contribution in [0.15, 0.2) is 65.8 Å². The molecule has 9 nitrogen and oxygen atoms in total. The van der Waals surface area contributed by atoms with Crippen molar-refractivity contribution in [3.05, 3.63) is 66.5 Å². The molecule has 3 aromatic heterocycles. The minimum absolute atomic E-state index is 0.128. The van der Waals surface area contributed by atoms with E-state index in [4.69, 9.17) is 4.98 Å². The number of carbonyl (C=O) groups excluding carboxylic acids is 1. The molecule has 4 aromatic rings. The average molecular weight is 619 g/mol. The smallest absolute Gasteiger partial charge is 0.243 e. The quantitative estimate of drug-likeness (QED) is 0.267. The number of pyridine rings is 2. The molecule has 1 N–H and O–H groups in total. The molecule has 1 saturated heterocycles. The van der Waals surface area contributed by atoms with Crippen LogP contribution in [0.1, 0.15) is 57.4 Å². The summed E-state index contributed by atoms with van der Waals surface area (Å²) in [4.78, 5) is 30.5. The highest BCUT2D eigenvalue weighted by atomic mass is 32.2. The number of amides is 1. The van der Waals surface area contributed by atoms with E-state index in [0.717, 1.165) is 46.4 Å². The highest BCUT2D eigenvalue weighted by Gasteiger charge is 2.37. The van der Waals surface area contributed by atoms with Gasteiger partial charge in [-0.1, -0.05) is 49.2 Å². The SMILES string of the molecule is CN1CCN(S(=O)(=O)c2ccc([C@@H](CC3CCCC3)C(=O)Nc3nc4ccc(-c5ccncc5)nc4s3)cc2)CC1(C)C. The Bertz CT molecular complexity index is 1700. The summed E-state index contributed by atoms with van der Waals surface area (Å²) in [6.45, 7) is 5.69. The number of hydrogen-bond donors (Lipinski definition) is 1. The number of likely N-dealkylation sites (N-methyl/N-ethyl adjacent to an activating group) is 1. The standard InChI is InChI=1S/C32H38N6O3S2/c1-32(2)21-38(19-18-37(32)3)43(40,41)25-10-8-23(9-11-25)26(20-22-6-4-5-7-22)29(39)36-31-35-28-13-12-27(34-30(28)42-31)24-14-16-33-17-15-24/h8-17,22,26H,4-7,18-21H2,1-3H3,(H,35,36,39)/t26-/m1/s1. The molecular formula is C32H38N6O3S2. The van der Waals surface area contributed by atoms with E-state index < -0.39 is 15.9 Å². The van der Waals surface area contributed by atoms with Gasteiger partial charge in [0.15, 0.2) is 5.13 Å². The minimum atomic E-state index is -3.64. The second-order valence-corrected chi connectivity index (χ2v) is 15.3. The Morgan fingerprint density at radius 1 is 1.02 bits per heavy atom. The second kappa shape index (κ2) is 12.0. The van der Waals surface area contributed by atoms with Gasteiger partial charge in [0.05, 0.1) is 16.5 Å². The van der Waals surface area contributed by atoms with Gasteiger partial charge in [0.1, 0.15) is 10.3 Å². The molecule has 1 aromatic carbocycles. The van der Waals surface area contributed by atoms with Crippen molar-refractivity contribution in [2.45, 2.75) is 62.3 Å². The zero-order valence-electron chi connectivity index (χ0n) is 24.9. The molecule has 2 fully saturated rings. The predicted molar refractivity (Wildman–Crippen MR) is 171 cm³/mol. The molecule has 11 heteroatoms. The molecule has 1 atom stereocenters. The number of nitrogens with zero attached hydrogens (tertiary/aromatic N) is 5. The first-order chi connectivity index (χ1) is 20.6. The van der Waals surface area contributed by atoms with Crippen LogP contribution < -0.4 is 5.32 Å². The lowest BCUT2D eigenvalue weighted by atomic mass is 9.87. The van der Waals surface area contributed by atoms with Crippen LogP contribution in [0.5, 0.6) is 0 Å². The van der Waals surface area contributed by atoms with Gasteiger partial charge in [0.2, 0.25) is 15.9 Å². The number of anilines is 1. The Labute approximate surface area is 257 Å². The van der Waals surface area contributed by atoms with E-state index in [2.05, 4.69) is 34.0 Å². The van der Waals surface area contributed by atoms with Gasteiger partial charge in [-0.05, 0) is 75.2 Å². The molecule has 1 amide bonds. The summed E-state index contributed by atoms with van der Waals surface area (Å²) in [7, 11) is -1.61. The van der Waals surface area contributed by atoms with Gasteiger partial charge >= 0.3 is 0 Å². The molecule has 2 aliphatic rings. The summed E-state index contributed by atoms with van der Waals surface area (Å²) in [6.07, 6.45) is 8.77. The van der Waals surface area contributed by atoms with Crippen LogP contribution in [0.3, 0.4) is 0 Å². The number of carbonyl (C=O) groups is 1. The summed E-state index contributed by atoms with van der Waals surface area (Å²) in [5.74, 6) is -0.0711. The number of aromatic nitrogens is 3. The largest absolute Gasteiger partial charge is 0.301 e. The maximum absolute atomic E-state index is 13.8. The first kappa shape index (κ1) is 29.8. The van der Waals surface area contributed by atoms with Crippen LogP contribution in [0.2, 0.25) is 0 Å². The Morgan fingerprint density at radius 3 is 2.44 bits per heavy atom. The second-order valence-electron chi connectivity index (χ2n) is 12.3. The van der Waals surface area contributed by atoms with Gasteiger partial charge in [-0.25, -0.2) is 18.4 Å². The number of sulfonamides is 1. The number of benzene rings is 1. The summed E-state index contributed by atoms with van der Waals surface area (Å²) >= 11 is 1.35. The monoisotopic (exact) mass is 618 g/mol. The van der Waals surface area contributed by atoms with Crippen molar-refractivity contribution in [3.63, 3.8) is 0 Å². The van der Waals surface area contributed by atoms with Crippen LogP contribution in [-0.4, -0.2) is 70.7 Å². The number of rotatable bonds is 8. The van der Waals surface area contributed by atoms with Crippen molar-refractivity contribution < 1.29 is 13.2 Å². The van der Waals surface area contributed by atoms with Crippen LogP contribution >= 0.6 is 11.3 Å². The molecular weight excluding hydrogens is 581 g/mol. The van der Waals surface area contributed by atoms with E-state index >= 15 is 0 Å². The van der Waals surface area contributed by atoms with E-state index in [-0.39, 0.29) is 16.3 Å². The van der Waals surface area contributed by atoms with Gasteiger partial charge in [-0.3, -0.25) is 14.7 Å². The molecule has 226 valence electrons. The van der Waals surface area contributed by atoms with Gasteiger partial charge in [0, 0.05) is 43.1 Å². The average Bonchev–Trinajstić information content (AvgIpc) is 3.66. The van der Waals surface area contributed by atoms with Gasteiger partial charge in [-0.2, -0.15) is 4.31 Å². The third-order valence-electron chi connectivity index (χ3n) is 9.02. The highest BCUT2D eigenvalue weighted by Crippen LogP contribution is 2.36. The number of thiazole rings is 1. The number of nitrogens with one attached hydrogen (secondary N) is 1. The topological polar surface area (TPSA) is 108 Å². The third kappa shape index (κ3) is 6.35. The molecule has 0 radical (unpaired) electrons. The van der Waals surface area contributed by atoms with Crippen molar-refractivity contribution in [1.29, 1.82) is 0 Å². The van der Waals surface area contributed by atoms with Crippen molar-refractivity contribution in [3.8, 4) is 11.3 Å². The Morgan fingerprint density at radius 2 is 1.74 bits per heavy atom. The molecule has 6 rings (SSSR count). The van der Waals surface area contributed by atoms with E-state index in [1.807, 2.05) is 43.4 Å². The lowest BCUT2D eigenvalue weighted by Gasteiger charge is -2.44. The summed E-state index contributed by atoms with van der Waals surface area (Å²) < 4.78 is 28.6. The first-order valence-corrected chi connectivity index (χ1v) is 17.2. The molecule has 1 aliphatic heterocycles. The molecule has 4 heterocycles. The summed E-state index contributed by atoms with van der Waals surface area (Å²) in [5, 5.41) is 3.57. The predicted octanol–water partition coefficient (Wildman–Crippen LogP) is 5.77. The minimum Gasteiger partial charge on any atom is -0.301 e. The number of piperazine rings is 1. The van der Waals surface area contributed by atoms with Crippen molar-refractivity contribution in [2.24, 2.45) is 5.92 Å². The molecule has 0 unspecified atom stereocenters. The lowest BCUT2D eigenvalue weighted by Crippen LogP contribution is -2.58. The fraction of sp³-hybridized carbons (Fsp3) is 0.438. The van der Waals surface area contributed by atoms with Crippen molar-refractivity contribution in [2.75, 3.05) is 32.0 Å². The number of fused-ring (bicyclic) bond motifs is 1. The fourth-order valence-corrected chi connectivity index (χ4v) is 8.57. The van der Waals surface area contributed by atoms with Gasteiger partial charge in [-0.15, -0.1) is 0 Å². The van der Waals surface area contributed by atoms with E-state index in [9.17, 15) is 13.2 Å². The van der Waals surface area contributed by atoms with Crippen molar-refractivity contribution >= 4 is 42.7 Å². The van der Waals surface area contributed by atoms with E-state index in [1.54, 1.807) is 28.8 Å². The number of hydrogen-bond acceptors (Lipinski definition) is 8. The van der Waals surface area contributed by atoms with Gasteiger partial charge in [0.25, 0.3) is 0 Å². The van der Waals surface area contributed by atoms with E-state index in [1.165, 1.54) is 24.2 Å². The Kier molecular flexibility index (Phi) is 8.34. The van der Waals surface area contributed by atoms with Crippen LogP contribution in [0.25, 0.3) is 21.6 Å². The van der Waals surface area contributed by atoms with Crippen molar-refractivity contribution in [1.82, 2.24) is 24.2 Å². The highest BCUT2D eigenvalue weighted by molar-refractivity contribution is 7.89. The third-order valence-corrected chi connectivity index (χ3v) is 11.8. The maximum atomic E-state index is 13.8.